The van der Waals surface area contributed by atoms with Crippen LogP contribution in [0.1, 0.15) is 105 Å². The molecule has 2 aromatic heterocycles. The van der Waals surface area contributed by atoms with Gasteiger partial charge in [-0.25, -0.2) is 0 Å². The van der Waals surface area contributed by atoms with Crippen LogP contribution < -0.4 is 20.7 Å². The van der Waals surface area contributed by atoms with Crippen molar-refractivity contribution in [1.29, 1.82) is 0 Å². The van der Waals surface area contributed by atoms with Crippen molar-refractivity contribution < 1.29 is 0 Å². The van der Waals surface area contributed by atoms with E-state index in [1.54, 1.807) is 0 Å². The van der Waals surface area contributed by atoms with Gasteiger partial charge >= 0.3 is 0 Å². The van der Waals surface area contributed by atoms with Gasteiger partial charge in [-0.05, 0) is 105 Å². The van der Waals surface area contributed by atoms with E-state index in [9.17, 15) is 0 Å². The molecule has 3 nitrogen and oxygen atoms in total. The Morgan fingerprint density at radius 1 is 0.534 bits per heavy atom. The van der Waals surface area contributed by atoms with Crippen LogP contribution in [0.4, 0.5) is 28.4 Å². The van der Waals surface area contributed by atoms with E-state index in [1.807, 2.05) is 0 Å². The molecule has 8 aromatic rings. The first-order valence-corrected chi connectivity index (χ1v) is 21.9. The number of fused-ring (bicyclic) bond motifs is 11. The van der Waals surface area contributed by atoms with E-state index in [0.717, 1.165) is 0 Å². The molecule has 1 fully saturated rings. The minimum absolute atomic E-state index is 0.0459. The molecule has 0 spiro atoms. The van der Waals surface area contributed by atoms with Gasteiger partial charge in [0.1, 0.15) is 0 Å². The van der Waals surface area contributed by atoms with Crippen molar-refractivity contribution in [3.63, 3.8) is 0 Å². The fourth-order valence-electron chi connectivity index (χ4n) is 11.3. The SMILES string of the molecule is CC(C)(C)c1ccc(N2c3cc(C(C)(C)C)cc4c3B(c3ccc5c(c32)c2cccc3c6ccccc6n5c32)C2CCCCC2N4c2ccc(C(C)(C)C)cc2)cc1. The van der Waals surface area contributed by atoms with E-state index in [0.29, 0.717) is 18.6 Å². The highest BCUT2D eigenvalue weighted by molar-refractivity contribution is 6.91. The van der Waals surface area contributed by atoms with Crippen LogP contribution >= 0.6 is 0 Å². The lowest BCUT2D eigenvalue weighted by molar-refractivity contribution is 0.429. The maximum Gasteiger partial charge on any atom is 0.222 e. The van der Waals surface area contributed by atoms with Crippen LogP contribution in [-0.4, -0.2) is 17.2 Å². The van der Waals surface area contributed by atoms with Gasteiger partial charge in [-0.1, -0.05) is 148 Å². The smallest absolute Gasteiger partial charge is 0.222 e. The number of rotatable bonds is 2. The predicted octanol–water partition coefficient (Wildman–Crippen LogP) is 13.6. The van der Waals surface area contributed by atoms with Crippen molar-refractivity contribution in [1.82, 2.24) is 4.40 Å². The summed E-state index contributed by atoms with van der Waals surface area (Å²) in [6, 6.07) is 45.8. The molecular formula is C54H56BN3. The maximum absolute atomic E-state index is 2.80. The third-order valence-corrected chi connectivity index (χ3v) is 14.3. The number of para-hydroxylation sites is 2. The van der Waals surface area contributed by atoms with Crippen molar-refractivity contribution >= 4 is 84.2 Å². The lowest BCUT2D eigenvalue weighted by atomic mass is 9.28. The second kappa shape index (κ2) is 12.2. The molecule has 4 heterocycles. The molecule has 0 amide bonds. The third kappa shape index (κ3) is 5.06. The number of nitrogens with zero attached hydrogens (tertiary/aromatic N) is 3. The van der Waals surface area contributed by atoms with Crippen LogP contribution in [0, 0.1) is 0 Å². The van der Waals surface area contributed by atoms with Gasteiger partial charge in [-0.15, -0.1) is 0 Å². The van der Waals surface area contributed by atoms with Crippen LogP contribution in [0.15, 0.2) is 115 Å². The van der Waals surface area contributed by atoms with Crippen molar-refractivity contribution in [2.45, 2.75) is 116 Å². The fraction of sp³-hybridized carbons (Fsp3) is 0.333. The average Bonchev–Trinajstić information content (AvgIpc) is 3.72. The van der Waals surface area contributed by atoms with Gasteiger partial charge in [0.2, 0.25) is 6.71 Å². The molecule has 2 unspecified atom stereocenters. The standard InChI is InChI=1S/C54H56BN3/c1-52(2,3)33-21-25-36(26-22-33)56-44-20-13-11-18-41(44)55-42-29-30-45-48(40-17-14-16-39-38-15-10-12-19-43(38)58(45)50(39)40)51(42)57(37-27-23-34(24-28-37)53(4,5)6)47-32-35(54(7,8)9)31-46(56)49(47)55/h10,12,14-17,19,21-32,41,44H,11,13,18,20H2,1-9H3. The van der Waals surface area contributed by atoms with E-state index in [-0.39, 0.29) is 16.2 Å². The number of hydrogen-bond acceptors (Lipinski definition) is 2. The van der Waals surface area contributed by atoms with Crippen molar-refractivity contribution in [3.05, 3.63) is 132 Å². The molecule has 0 bridgehead atoms. The zero-order chi connectivity index (χ0) is 40.0. The van der Waals surface area contributed by atoms with Gasteiger partial charge in [0, 0.05) is 50.3 Å². The molecule has 290 valence electrons. The van der Waals surface area contributed by atoms with Crippen LogP contribution in [-0.2, 0) is 16.2 Å². The Kier molecular flexibility index (Phi) is 7.53. The summed E-state index contributed by atoms with van der Waals surface area (Å²) in [6.07, 6.45) is 5.02. The average molecular weight is 758 g/mol. The highest BCUT2D eigenvalue weighted by Gasteiger charge is 2.51. The lowest BCUT2D eigenvalue weighted by Gasteiger charge is -2.53. The largest absolute Gasteiger partial charge is 0.339 e. The Morgan fingerprint density at radius 3 is 1.83 bits per heavy atom. The molecule has 1 saturated carbocycles. The molecule has 6 aromatic carbocycles. The van der Waals surface area contributed by atoms with Gasteiger partial charge in [-0.3, -0.25) is 0 Å². The summed E-state index contributed by atoms with van der Waals surface area (Å²) in [5, 5.41) is 5.40. The van der Waals surface area contributed by atoms with Crippen molar-refractivity contribution in [2.24, 2.45) is 0 Å². The minimum atomic E-state index is -0.0459. The molecule has 2 aliphatic heterocycles. The number of anilines is 5. The number of hydrogen-bond donors (Lipinski definition) is 0. The van der Waals surface area contributed by atoms with Gasteiger partial charge in [0.05, 0.1) is 22.2 Å². The summed E-state index contributed by atoms with van der Waals surface area (Å²) in [4.78, 5) is 5.50. The quantitative estimate of drug-likeness (QED) is 0.163. The second-order valence-corrected chi connectivity index (χ2v) is 20.9. The zero-order valence-electron chi connectivity index (χ0n) is 35.9. The van der Waals surface area contributed by atoms with Gasteiger partial charge in [-0.2, -0.15) is 0 Å². The molecule has 58 heavy (non-hydrogen) atoms. The van der Waals surface area contributed by atoms with Crippen LogP contribution in [0.25, 0.3) is 38.1 Å². The fourth-order valence-corrected chi connectivity index (χ4v) is 11.3. The molecule has 4 heteroatoms. The van der Waals surface area contributed by atoms with Gasteiger partial charge in [0.25, 0.3) is 0 Å². The molecule has 0 N–H and O–H groups in total. The Labute approximate surface area is 345 Å². The second-order valence-electron chi connectivity index (χ2n) is 20.9. The Hall–Kier alpha value is -5.22. The first kappa shape index (κ1) is 35.9. The summed E-state index contributed by atoms with van der Waals surface area (Å²) in [7, 11) is 0. The van der Waals surface area contributed by atoms with E-state index < -0.39 is 0 Å². The normalized spacial score (nSPS) is 18.4. The highest BCUT2D eigenvalue weighted by Crippen LogP contribution is 2.54. The number of benzene rings is 6. The highest BCUT2D eigenvalue weighted by atomic mass is 15.2. The molecule has 0 saturated heterocycles. The van der Waals surface area contributed by atoms with E-state index in [2.05, 4.69) is 192 Å². The summed E-state index contributed by atoms with van der Waals surface area (Å²) in [5.41, 5.74) is 17.9. The van der Waals surface area contributed by atoms with E-state index in [1.165, 1.54) is 120 Å². The van der Waals surface area contributed by atoms with Crippen LogP contribution in [0.2, 0.25) is 5.82 Å². The minimum Gasteiger partial charge on any atom is -0.339 e. The first-order valence-electron chi connectivity index (χ1n) is 21.9. The van der Waals surface area contributed by atoms with Crippen molar-refractivity contribution in [2.75, 3.05) is 9.80 Å². The summed E-state index contributed by atoms with van der Waals surface area (Å²) in [5.74, 6) is 0.502. The van der Waals surface area contributed by atoms with Crippen LogP contribution in [0.3, 0.4) is 0 Å². The topological polar surface area (TPSA) is 10.9 Å². The molecular weight excluding hydrogens is 701 g/mol. The Bertz CT molecular complexity index is 2910. The number of aromatic nitrogens is 1. The Morgan fingerprint density at radius 2 is 1.14 bits per heavy atom. The van der Waals surface area contributed by atoms with Crippen molar-refractivity contribution in [3.8, 4) is 0 Å². The van der Waals surface area contributed by atoms with E-state index in [4.69, 9.17) is 0 Å². The monoisotopic (exact) mass is 757 g/mol. The summed E-state index contributed by atoms with van der Waals surface area (Å²) >= 11 is 0. The predicted molar refractivity (Wildman–Crippen MR) is 251 cm³/mol. The van der Waals surface area contributed by atoms with Gasteiger partial charge < -0.3 is 14.2 Å². The summed E-state index contributed by atoms with van der Waals surface area (Å²) in [6.45, 7) is 21.4. The molecule has 0 radical (unpaired) electrons. The zero-order valence-corrected chi connectivity index (χ0v) is 35.9. The first-order chi connectivity index (χ1) is 27.7. The molecule has 1 aliphatic carbocycles. The van der Waals surface area contributed by atoms with Crippen LogP contribution in [0.5, 0.6) is 0 Å². The molecule has 3 aliphatic rings. The third-order valence-electron chi connectivity index (χ3n) is 14.3. The van der Waals surface area contributed by atoms with Gasteiger partial charge in [0.15, 0.2) is 0 Å². The maximum atomic E-state index is 2.80. The lowest BCUT2D eigenvalue weighted by Crippen LogP contribution is -2.62. The Balaban J connectivity index is 1.27. The van der Waals surface area contributed by atoms with E-state index >= 15 is 0 Å². The summed E-state index contributed by atoms with van der Waals surface area (Å²) < 4.78 is 2.57. The molecule has 2 atom stereocenters. The molecule has 11 rings (SSSR count).